The van der Waals surface area contributed by atoms with Crippen molar-refractivity contribution in [2.24, 2.45) is 0 Å². The van der Waals surface area contributed by atoms with Gasteiger partial charge < -0.3 is 20.8 Å². The number of aromatic nitrogens is 2. The lowest BCUT2D eigenvalue weighted by molar-refractivity contribution is 0.0570. The summed E-state index contributed by atoms with van der Waals surface area (Å²) in [7, 11) is 0. The van der Waals surface area contributed by atoms with E-state index in [1.807, 2.05) is 63.2 Å². The van der Waals surface area contributed by atoms with Gasteiger partial charge in [0.25, 0.3) is 0 Å². The second-order valence-corrected chi connectivity index (χ2v) is 14.7. The first kappa shape index (κ1) is 34.6. The number of anilines is 3. The molecule has 1 saturated heterocycles. The van der Waals surface area contributed by atoms with Gasteiger partial charge in [0.2, 0.25) is 5.88 Å². The molecule has 0 unspecified atom stereocenters. The lowest BCUT2D eigenvalue weighted by Gasteiger charge is -2.42. The SMILES string of the molecule is Cc1ccc(Nc2c(C#N)cnc3c(Cl)cc(N[C@H](C4=CN(C5CCN(C(C)(C)C)CC5)NN4)c4cccnc4OC(C)C)cc23)cc1Cl. The van der Waals surface area contributed by atoms with E-state index in [-0.39, 0.29) is 11.6 Å². The Morgan fingerprint density at radius 3 is 2.49 bits per heavy atom. The molecule has 256 valence electrons. The van der Waals surface area contributed by atoms with Gasteiger partial charge in [0.1, 0.15) is 6.07 Å². The van der Waals surface area contributed by atoms with E-state index in [1.54, 1.807) is 6.20 Å². The van der Waals surface area contributed by atoms with Crippen LogP contribution in [-0.2, 0) is 0 Å². The van der Waals surface area contributed by atoms with Gasteiger partial charge in [-0.05, 0) is 96.3 Å². The number of benzene rings is 2. The fourth-order valence-electron chi connectivity index (χ4n) is 6.31. The van der Waals surface area contributed by atoms with Crippen LogP contribution in [0.25, 0.3) is 10.9 Å². The van der Waals surface area contributed by atoms with E-state index in [9.17, 15) is 5.26 Å². The number of hydrogen-bond acceptors (Lipinski definition) is 10. The zero-order chi connectivity index (χ0) is 34.9. The largest absolute Gasteiger partial charge is 0.475 e. The highest BCUT2D eigenvalue weighted by atomic mass is 35.5. The molecule has 0 aliphatic carbocycles. The number of ether oxygens (including phenoxy) is 1. The molecular formula is C37H43Cl2N9O. The third-order valence-electron chi connectivity index (χ3n) is 8.98. The first-order valence-corrected chi connectivity index (χ1v) is 17.4. The summed E-state index contributed by atoms with van der Waals surface area (Å²) in [5.41, 5.74) is 12.7. The third kappa shape index (κ3) is 7.66. The molecule has 4 aromatic rings. The highest BCUT2D eigenvalue weighted by Gasteiger charge is 2.33. The first-order valence-electron chi connectivity index (χ1n) is 16.6. The molecule has 4 heterocycles. The minimum absolute atomic E-state index is 0.0723. The molecule has 0 saturated carbocycles. The highest BCUT2D eigenvalue weighted by Crippen LogP contribution is 2.39. The highest BCUT2D eigenvalue weighted by molar-refractivity contribution is 6.36. The molecule has 6 rings (SSSR count). The van der Waals surface area contributed by atoms with Gasteiger partial charge in [0, 0.05) is 70.6 Å². The Hall–Kier alpha value is -4.27. The van der Waals surface area contributed by atoms with Crippen molar-refractivity contribution in [3.05, 3.63) is 93.5 Å². The van der Waals surface area contributed by atoms with Gasteiger partial charge in [-0.2, -0.15) is 5.26 Å². The van der Waals surface area contributed by atoms with Crippen molar-refractivity contribution in [1.82, 2.24) is 30.8 Å². The van der Waals surface area contributed by atoms with Crippen molar-refractivity contribution in [3.8, 4) is 11.9 Å². The summed E-state index contributed by atoms with van der Waals surface area (Å²) < 4.78 is 6.20. The number of nitrogens with one attached hydrogen (secondary N) is 4. The Labute approximate surface area is 298 Å². The Morgan fingerprint density at radius 2 is 1.80 bits per heavy atom. The lowest BCUT2D eigenvalue weighted by Crippen LogP contribution is -2.52. The molecular weight excluding hydrogens is 657 g/mol. The first-order chi connectivity index (χ1) is 23.4. The van der Waals surface area contributed by atoms with Crippen molar-refractivity contribution in [2.45, 2.75) is 78.1 Å². The molecule has 0 amide bonds. The van der Waals surface area contributed by atoms with Crippen LogP contribution in [0, 0.1) is 18.3 Å². The Morgan fingerprint density at radius 1 is 1.04 bits per heavy atom. The number of pyridine rings is 2. The van der Waals surface area contributed by atoms with E-state index in [1.165, 1.54) is 6.20 Å². The number of halogens is 2. The van der Waals surface area contributed by atoms with Crippen LogP contribution in [0.5, 0.6) is 5.88 Å². The van der Waals surface area contributed by atoms with Gasteiger partial charge in [-0.25, -0.2) is 4.98 Å². The molecule has 1 fully saturated rings. The van der Waals surface area contributed by atoms with Crippen molar-refractivity contribution in [1.29, 1.82) is 5.26 Å². The third-order valence-corrected chi connectivity index (χ3v) is 9.68. The van der Waals surface area contributed by atoms with Crippen molar-refractivity contribution < 1.29 is 4.74 Å². The number of nitriles is 1. The number of aryl methyl sites for hydroxylation is 1. The monoisotopic (exact) mass is 699 g/mol. The van der Waals surface area contributed by atoms with Gasteiger partial charge in [-0.3, -0.25) is 14.9 Å². The van der Waals surface area contributed by atoms with Crippen LogP contribution < -0.4 is 26.3 Å². The summed E-state index contributed by atoms with van der Waals surface area (Å²) in [5.74, 6) is 0.536. The van der Waals surface area contributed by atoms with E-state index in [2.05, 4.69) is 74.5 Å². The van der Waals surface area contributed by atoms with Crippen LogP contribution in [0.1, 0.15) is 70.2 Å². The van der Waals surface area contributed by atoms with Crippen LogP contribution in [0.4, 0.5) is 17.1 Å². The predicted molar refractivity (Wildman–Crippen MR) is 198 cm³/mol. The number of rotatable bonds is 9. The molecule has 1 atom stereocenters. The molecule has 2 aromatic heterocycles. The van der Waals surface area contributed by atoms with Gasteiger partial charge in [-0.1, -0.05) is 29.3 Å². The normalized spacial score (nSPS) is 16.3. The van der Waals surface area contributed by atoms with E-state index < -0.39 is 6.04 Å². The minimum atomic E-state index is -0.400. The molecule has 0 radical (unpaired) electrons. The van der Waals surface area contributed by atoms with Gasteiger partial charge in [-0.15, -0.1) is 5.53 Å². The topological polar surface area (TPSA) is 113 Å². The standard InChI is InChI=1S/C37H43Cl2N9O/c1-22(2)49-36-28(8-7-13-41-36)35(32-21-48(46-45-32)27-11-14-47(15-12-27)37(4,5)6)44-26-16-29-33(43-25-10-9-23(3)30(38)17-25)24(19-40)20-42-34(29)31(39)18-26/h7-10,13,16-18,20-22,27,35,44-46H,11-12,14-15H2,1-6H3,(H,42,43)/t35-/m0/s1. The van der Waals surface area contributed by atoms with E-state index >= 15 is 0 Å². The summed E-state index contributed by atoms with van der Waals surface area (Å²) in [6.07, 6.45) is 7.41. The molecule has 0 bridgehead atoms. The van der Waals surface area contributed by atoms with Crippen molar-refractivity contribution in [2.75, 3.05) is 23.7 Å². The summed E-state index contributed by atoms with van der Waals surface area (Å²) >= 11 is 13.4. The Kier molecular flexibility index (Phi) is 10.1. The smallest absolute Gasteiger partial charge is 0.219 e. The number of fused-ring (bicyclic) bond motifs is 1. The Bertz CT molecular complexity index is 1910. The average Bonchev–Trinajstić information content (AvgIpc) is 3.56. The van der Waals surface area contributed by atoms with Crippen LogP contribution in [0.2, 0.25) is 10.0 Å². The predicted octanol–water partition coefficient (Wildman–Crippen LogP) is 8.23. The number of likely N-dealkylation sites (tertiary alicyclic amines) is 1. The molecule has 10 nitrogen and oxygen atoms in total. The molecule has 2 aliphatic heterocycles. The van der Waals surface area contributed by atoms with E-state index in [4.69, 9.17) is 27.9 Å². The summed E-state index contributed by atoms with van der Waals surface area (Å²) in [4.78, 5) is 11.7. The van der Waals surface area contributed by atoms with Crippen LogP contribution in [0.15, 0.2) is 66.8 Å². The average molecular weight is 701 g/mol. The number of piperidine rings is 1. The summed E-state index contributed by atoms with van der Waals surface area (Å²) in [6, 6.07) is 15.6. The maximum atomic E-state index is 10.1. The molecule has 0 spiro atoms. The quantitative estimate of drug-likeness (QED) is 0.136. The number of hydrogen-bond donors (Lipinski definition) is 4. The molecule has 49 heavy (non-hydrogen) atoms. The number of hydrazine groups is 2. The molecule has 12 heteroatoms. The van der Waals surface area contributed by atoms with Gasteiger partial charge >= 0.3 is 0 Å². The zero-order valence-corrected chi connectivity index (χ0v) is 30.2. The second kappa shape index (κ2) is 14.3. The lowest BCUT2D eigenvalue weighted by atomic mass is 9.98. The number of nitrogens with zero attached hydrogens (tertiary/aromatic N) is 5. The van der Waals surface area contributed by atoms with Crippen molar-refractivity contribution in [3.63, 3.8) is 0 Å². The fraction of sp³-hybridized carbons (Fsp3) is 0.378. The second-order valence-electron chi connectivity index (χ2n) is 13.9. The van der Waals surface area contributed by atoms with Gasteiger partial charge in [0.15, 0.2) is 0 Å². The zero-order valence-electron chi connectivity index (χ0n) is 28.7. The maximum Gasteiger partial charge on any atom is 0.219 e. The molecule has 2 aromatic carbocycles. The Balaban J connectivity index is 1.38. The van der Waals surface area contributed by atoms with Crippen molar-refractivity contribution >= 4 is 51.2 Å². The van der Waals surface area contributed by atoms with E-state index in [0.29, 0.717) is 44.1 Å². The van der Waals surface area contributed by atoms with E-state index in [0.717, 1.165) is 54.1 Å². The molecule has 2 aliphatic rings. The van der Waals surface area contributed by atoms with Crippen LogP contribution in [-0.4, -0.2) is 50.7 Å². The van der Waals surface area contributed by atoms with Gasteiger partial charge in [0.05, 0.1) is 39.6 Å². The molecule has 4 N–H and O–H groups in total. The fourth-order valence-corrected chi connectivity index (χ4v) is 6.76. The van der Waals surface area contributed by atoms with Crippen LogP contribution in [0.3, 0.4) is 0 Å². The summed E-state index contributed by atoms with van der Waals surface area (Å²) in [6.45, 7) is 14.8. The maximum absolute atomic E-state index is 10.1. The minimum Gasteiger partial charge on any atom is -0.475 e. The van der Waals surface area contributed by atoms with Crippen LogP contribution >= 0.6 is 23.2 Å². The summed E-state index contributed by atoms with van der Waals surface area (Å²) in [5, 5.41) is 21.1.